The fourth-order valence-electron chi connectivity index (χ4n) is 2.10. The first-order chi connectivity index (χ1) is 10.1. The maximum atomic E-state index is 12.8. The molecule has 2 aromatic carbocycles. The fourth-order valence-corrected chi connectivity index (χ4v) is 2.10. The predicted octanol–water partition coefficient (Wildman–Crippen LogP) is 3.72. The highest BCUT2D eigenvalue weighted by Crippen LogP contribution is 2.34. The Hall–Kier alpha value is -2.14. The molecule has 0 amide bonds. The largest absolute Gasteiger partial charge is 0.497 e. The average molecular weight is 294 g/mol. The quantitative estimate of drug-likeness (QED) is 0.913. The molecule has 2 aromatic rings. The SMILES string of the molecule is COc1ccc(OC)c(C(O)c2cccc(C(F)F)c2)c1. The van der Waals surface area contributed by atoms with Gasteiger partial charge in [-0.2, -0.15) is 0 Å². The van der Waals surface area contributed by atoms with Crippen molar-refractivity contribution >= 4 is 0 Å². The first kappa shape index (κ1) is 15.3. The van der Waals surface area contributed by atoms with E-state index in [1.54, 1.807) is 24.3 Å². The highest BCUT2D eigenvalue weighted by molar-refractivity contribution is 5.45. The van der Waals surface area contributed by atoms with Gasteiger partial charge in [0.1, 0.15) is 17.6 Å². The van der Waals surface area contributed by atoms with Gasteiger partial charge in [0.25, 0.3) is 6.43 Å². The van der Waals surface area contributed by atoms with Crippen molar-refractivity contribution < 1.29 is 23.4 Å². The van der Waals surface area contributed by atoms with Crippen LogP contribution in [-0.2, 0) is 0 Å². The Bertz CT molecular complexity index is 614. The zero-order valence-corrected chi connectivity index (χ0v) is 11.7. The molecule has 112 valence electrons. The second kappa shape index (κ2) is 6.54. The highest BCUT2D eigenvalue weighted by atomic mass is 19.3. The molecule has 0 radical (unpaired) electrons. The van der Waals surface area contributed by atoms with Gasteiger partial charge in [-0.25, -0.2) is 8.78 Å². The molecular formula is C16H16F2O3. The van der Waals surface area contributed by atoms with Crippen molar-refractivity contribution in [3.63, 3.8) is 0 Å². The van der Waals surface area contributed by atoms with E-state index in [-0.39, 0.29) is 5.56 Å². The molecule has 0 aliphatic heterocycles. The summed E-state index contributed by atoms with van der Waals surface area (Å²) >= 11 is 0. The van der Waals surface area contributed by atoms with Gasteiger partial charge >= 0.3 is 0 Å². The van der Waals surface area contributed by atoms with Crippen LogP contribution in [-0.4, -0.2) is 19.3 Å². The maximum Gasteiger partial charge on any atom is 0.263 e. The number of benzene rings is 2. The molecule has 1 N–H and O–H groups in total. The molecule has 1 atom stereocenters. The minimum atomic E-state index is -2.58. The number of rotatable bonds is 5. The van der Waals surface area contributed by atoms with Gasteiger partial charge in [0.15, 0.2) is 0 Å². The Balaban J connectivity index is 2.43. The third-order valence-corrected chi connectivity index (χ3v) is 3.21. The van der Waals surface area contributed by atoms with Crippen molar-refractivity contribution in [3.05, 3.63) is 59.2 Å². The number of aliphatic hydroxyl groups excluding tert-OH is 1. The van der Waals surface area contributed by atoms with Crippen molar-refractivity contribution in [2.75, 3.05) is 14.2 Å². The van der Waals surface area contributed by atoms with Crippen LogP contribution >= 0.6 is 0 Å². The van der Waals surface area contributed by atoms with E-state index in [4.69, 9.17) is 9.47 Å². The van der Waals surface area contributed by atoms with Crippen LogP contribution in [0.2, 0.25) is 0 Å². The smallest absolute Gasteiger partial charge is 0.263 e. The van der Waals surface area contributed by atoms with Crippen LogP contribution in [0, 0.1) is 0 Å². The molecule has 0 aliphatic carbocycles. The lowest BCUT2D eigenvalue weighted by Crippen LogP contribution is -2.03. The number of hydrogen-bond acceptors (Lipinski definition) is 3. The van der Waals surface area contributed by atoms with Crippen molar-refractivity contribution in [1.82, 2.24) is 0 Å². The maximum absolute atomic E-state index is 12.8. The van der Waals surface area contributed by atoms with E-state index >= 15 is 0 Å². The van der Waals surface area contributed by atoms with Crippen LogP contribution in [0.25, 0.3) is 0 Å². The van der Waals surface area contributed by atoms with Gasteiger partial charge in [-0.15, -0.1) is 0 Å². The van der Waals surface area contributed by atoms with Gasteiger partial charge < -0.3 is 14.6 Å². The third-order valence-electron chi connectivity index (χ3n) is 3.21. The number of methoxy groups -OCH3 is 2. The van der Waals surface area contributed by atoms with Gasteiger partial charge in [-0.3, -0.25) is 0 Å². The standard InChI is InChI=1S/C16H16F2O3/c1-20-12-6-7-14(21-2)13(9-12)15(19)10-4-3-5-11(8-10)16(17)18/h3-9,15-16,19H,1-2H3. The van der Waals surface area contributed by atoms with Gasteiger partial charge in [-0.05, 0) is 29.8 Å². The molecule has 0 saturated heterocycles. The minimum Gasteiger partial charge on any atom is -0.497 e. The topological polar surface area (TPSA) is 38.7 Å². The monoisotopic (exact) mass is 294 g/mol. The summed E-state index contributed by atoms with van der Waals surface area (Å²) in [6.07, 6.45) is -3.65. The number of alkyl halides is 2. The number of halogens is 2. The molecule has 0 aliphatic rings. The number of aliphatic hydroxyl groups is 1. The van der Waals surface area contributed by atoms with Crippen molar-refractivity contribution in [2.24, 2.45) is 0 Å². The Morgan fingerprint density at radius 1 is 0.952 bits per heavy atom. The minimum absolute atomic E-state index is 0.131. The summed E-state index contributed by atoms with van der Waals surface area (Å²) < 4.78 is 35.8. The number of hydrogen-bond donors (Lipinski definition) is 1. The van der Waals surface area contributed by atoms with Crippen LogP contribution in [0.3, 0.4) is 0 Å². The molecule has 0 spiro atoms. The van der Waals surface area contributed by atoms with Crippen molar-refractivity contribution in [2.45, 2.75) is 12.5 Å². The Kier molecular flexibility index (Phi) is 4.75. The lowest BCUT2D eigenvalue weighted by molar-refractivity contribution is 0.150. The van der Waals surface area contributed by atoms with Gasteiger partial charge in [-0.1, -0.05) is 18.2 Å². The summed E-state index contributed by atoms with van der Waals surface area (Å²) in [5, 5.41) is 10.4. The molecule has 5 heteroatoms. The van der Waals surface area contributed by atoms with E-state index in [2.05, 4.69) is 0 Å². The van der Waals surface area contributed by atoms with Crippen LogP contribution in [0.15, 0.2) is 42.5 Å². The van der Waals surface area contributed by atoms with Crippen LogP contribution in [0.1, 0.15) is 29.2 Å². The molecule has 0 aromatic heterocycles. The van der Waals surface area contributed by atoms with Crippen molar-refractivity contribution in [3.8, 4) is 11.5 Å². The van der Waals surface area contributed by atoms with E-state index in [0.29, 0.717) is 22.6 Å². The lowest BCUT2D eigenvalue weighted by atomic mass is 9.98. The van der Waals surface area contributed by atoms with Crippen LogP contribution in [0.5, 0.6) is 11.5 Å². The molecule has 0 heterocycles. The number of ether oxygens (including phenoxy) is 2. The molecule has 1 unspecified atom stereocenters. The van der Waals surface area contributed by atoms with Crippen molar-refractivity contribution in [1.29, 1.82) is 0 Å². The van der Waals surface area contributed by atoms with E-state index < -0.39 is 12.5 Å². The summed E-state index contributed by atoms with van der Waals surface area (Å²) in [5.41, 5.74) is 0.705. The second-order valence-corrected chi connectivity index (χ2v) is 4.48. The Morgan fingerprint density at radius 3 is 2.29 bits per heavy atom. The summed E-state index contributed by atoms with van der Waals surface area (Å²) in [7, 11) is 2.99. The van der Waals surface area contributed by atoms with Gasteiger partial charge in [0.2, 0.25) is 0 Å². The van der Waals surface area contributed by atoms with Crippen LogP contribution in [0.4, 0.5) is 8.78 Å². The summed E-state index contributed by atoms with van der Waals surface area (Å²) in [4.78, 5) is 0. The Morgan fingerprint density at radius 2 is 1.67 bits per heavy atom. The molecule has 0 fully saturated rings. The third kappa shape index (κ3) is 3.31. The molecule has 2 rings (SSSR count). The summed E-state index contributed by atoms with van der Waals surface area (Å²) in [5.74, 6) is 1.01. The highest BCUT2D eigenvalue weighted by Gasteiger charge is 2.18. The zero-order valence-electron chi connectivity index (χ0n) is 11.7. The molecule has 0 bridgehead atoms. The van der Waals surface area contributed by atoms with E-state index in [1.165, 1.54) is 32.4 Å². The molecule has 3 nitrogen and oxygen atoms in total. The summed E-state index contributed by atoms with van der Waals surface area (Å²) in [6, 6.07) is 10.7. The summed E-state index contributed by atoms with van der Waals surface area (Å²) in [6.45, 7) is 0. The normalized spacial score (nSPS) is 12.3. The second-order valence-electron chi connectivity index (χ2n) is 4.48. The zero-order chi connectivity index (χ0) is 15.4. The first-order valence-corrected chi connectivity index (χ1v) is 6.34. The Labute approximate surface area is 121 Å². The van der Waals surface area contributed by atoms with Crippen LogP contribution < -0.4 is 9.47 Å². The van der Waals surface area contributed by atoms with E-state index in [1.807, 2.05) is 0 Å². The van der Waals surface area contributed by atoms with E-state index in [9.17, 15) is 13.9 Å². The first-order valence-electron chi connectivity index (χ1n) is 6.34. The van der Waals surface area contributed by atoms with Gasteiger partial charge in [0, 0.05) is 11.1 Å². The molecule has 21 heavy (non-hydrogen) atoms. The molecule has 0 saturated carbocycles. The van der Waals surface area contributed by atoms with E-state index in [0.717, 1.165) is 0 Å². The van der Waals surface area contributed by atoms with Gasteiger partial charge in [0.05, 0.1) is 14.2 Å². The predicted molar refractivity (Wildman–Crippen MR) is 75.0 cm³/mol. The lowest BCUT2D eigenvalue weighted by Gasteiger charge is -2.17. The fraction of sp³-hybridized carbons (Fsp3) is 0.250. The average Bonchev–Trinajstić information content (AvgIpc) is 2.53. The molecular weight excluding hydrogens is 278 g/mol.